The molecule has 0 bridgehead atoms. The summed E-state index contributed by atoms with van der Waals surface area (Å²) >= 11 is 0. The number of halogens is 1. The van der Waals surface area contributed by atoms with Crippen molar-refractivity contribution < 1.29 is 4.39 Å². The van der Waals surface area contributed by atoms with Gasteiger partial charge < -0.3 is 5.32 Å². The van der Waals surface area contributed by atoms with Crippen LogP contribution in [0.25, 0.3) is 0 Å². The van der Waals surface area contributed by atoms with Crippen LogP contribution in [0.1, 0.15) is 26.2 Å². The number of aliphatic imine (C=N–C) groups is 1. The van der Waals surface area contributed by atoms with Gasteiger partial charge in [-0.3, -0.25) is 10.3 Å². The third-order valence-electron chi connectivity index (χ3n) is 1.59. The van der Waals surface area contributed by atoms with E-state index in [0.29, 0.717) is 12.5 Å². The van der Waals surface area contributed by atoms with Gasteiger partial charge in [-0.1, -0.05) is 19.8 Å². The van der Waals surface area contributed by atoms with Gasteiger partial charge in [-0.2, -0.15) is 5.26 Å². The Labute approximate surface area is 84.2 Å². The van der Waals surface area contributed by atoms with Crippen molar-refractivity contribution in [3.8, 4) is 6.19 Å². The highest BCUT2D eigenvalue weighted by Crippen LogP contribution is 1.93. The fourth-order valence-electron chi connectivity index (χ4n) is 0.911. The zero-order chi connectivity index (χ0) is 10.6. The van der Waals surface area contributed by atoms with Crippen LogP contribution >= 0.6 is 0 Å². The first-order valence-corrected chi connectivity index (χ1v) is 4.84. The van der Waals surface area contributed by atoms with Crippen molar-refractivity contribution in [3.05, 3.63) is 0 Å². The molecule has 0 atom stereocenters. The van der Waals surface area contributed by atoms with E-state index in [1.54, 1.807) is 6.19 Å². The Balaban J connectivity index is 3.74. The van der Waals surface area contributed by atoms with E-state index in [2.05, 4.69) is 22.5 Å². The minimum absolute atomic E-state index is 0.182. The Kier molecular flexibility index (Phi) is 8.86. The molecule has 0 aliphatic carbocycles. The maximum atomic E-state index is 11.8. The number of nitrogens with zero attached hydrogens (tertiary/aromatic N) is 2. The molecule has 80 valence electrons. The van der Waals surface area contributed by atoms with Gasteiger partial charge in [0.05, 0.1) is 0 Å². The molecule has 0 saturated heterocycles. The second kappa shape index (κ2) is 9.78. The van der Waals surface area contributed by atoms with Crippen molar-refractivity contribution in [1.82, 2.24) is 10.6 Å². The molecule has 0 radical (unpaired) electrons. The summed E-state index contributed by atoms with van der Waals surface area (Å²) in [4.78, 5) is 4.09. The summed E-state index contributed by atoms with van der Waals surface area (Å²) in [6.45, 7) is 2.49. The van der Waals surface area contributed by atoms with Crippen LogP contribution in [0.2, 0.25) is 0 Å². The number of nitrogens with one attached hydrogen (secondary N) is 2. The largest absolute Gasteiger partial charge is 0.353 e. The fraction of sp³-hybridized carbons (Fsp3) is 0.778. The fourth-order valence-corrected chi connectivity index (χ4v) is 0.911. The molecule has 0 aliphatic heterocycles. The van der Waals surface area contributed by atoms with Crippen LogP contribution in [0.5, 0.6) is 0 Å². The van der Waals surface area contributed by atoms with E-state index in [1.807, 2.05) is 0 Å². The molecule has 4 nitrogen and oxygen atoms in total. The second-order valence-corrected chi connectivity index (χ2v) is 2.79. The Bertz CT molecular complexity index is 197. The summed E-state index contributed by atoms with van der Waals surface area (Å²) in [7, 11) is 0. The first kappa shape index (κ1) is 12.7. The summed E-state index contributed by atoms with van der Waals surface area (Å²) in [5.74, 6) is 0.362. The lowest BCUT2D eigenvalue weighted by Gasteiger charge is -2.05. The number of hydrogen-bond acceptors (Lipinski definition) is 2. The lowest BCUT2D eigenvalue weighted by Crippen LogP contribution is -2.35. The lowest BCUT2D eigenvalue weighted by atomic mass is 10.2. The van der Waals surface area contributed by atoms with Crippen molar-refractivity contribution in [2.75, 3.05) is 19.8 Å². The molecule has 0 unspecified atom stereocenters. The van der Waals surface area contributed by atoms with Crippen molar-refractivity contribution in [3.63, 3.8) is 0 Å². The van der Waals surface area contributed by atoms with Gasteiger partial charge >= 0.3 is 0 Å². The maximum Gasteiger partial charge on any atom is 0.204 e. The van der Waals surface area contributed by atoms with Gasteiger partial charge in [-0.15, -0.1) is 0 Å². The molecule has 0 aliphatic rings. The normalized spacial score (nSPS) is 10.8. The lowest BCUT2D eigenvalue weighted by molar-refractivity contribution is 0.490. The van der Waals surface area contributed by atoms with Crippen LogP contribution in [0.3, 0.4) is 0 Å². The van der Waals surface area contributed by atoms with Gasteiger partial charge in [0.1, 0.15) is 6.67 Å². The maximum absolute atomic E-state index is 11.8. The quantitative estimate of drug-likeness (QED) is 0.222. The van der Waals surface area contributed by atoms with Gasteiger partial charge in [0.2, 0.25) is 5.96 Å². The van der Waals surface area contributed by atoms with Gasteiger partial charge in [0.25, 0.3) is 0 Å². The molecule has 0 heterocycles. The summed E-state index contributed by atoms with van der Waals surface area (Å²) < 4.78 is 11.8. The van der Waals surface area contributed by atoms with Crippen LogP contribution < -0.4 is 10.6 Å². The van der Waals surface area contributed by atoms with Crippen LogP contribution in [-0.4, -0.2) is 25.7 Å². The molecule has 0 spiro atoms. The number of nitriles is 1. The predicted molar refractivity (Wildman–Crippen MR) is 54.6 cm³/mol. The second-order valence-electron chi connectivity index (χ2n) is 2.79. The highest BCUT2D eigenvalue weighted by atomic mass is 19.1. The number of rotatable bonds is 6. The molecule has 0 fully saturated rings. The Morgan fingerprint density at radius 1 is 1.50 bits per heavy atom. The molecule has 0 aromatic heterocycles. The third kappa shape index (κ3) is 7.35. The average Bonchev–Trinajstić information content (AvgIpc) is 2.20. The molecular formula is C9H17FN4. The molecule has 5 heteroatoms. The molecule has 0 saturated carbocycles. The standard InChI is InChI=1S/C9H17FN4/c1-2-3-4-6-12-9(14-8-11)13-7-5-10/h2-7H2,1H3,(H2,12,13,14). The van der Waals surface area contributed by atoms with Crippen LogP contribution in [0, 0.1) is 11.5 Å². The number of hydrogen-bond donors (Lipinski definition) is 2. The molecule has 0 aromatic rings. The van der Waals surface area contributed by atoms with E-state index in [9.17, 15) is 4.39 Å². The van der Waals surface area contributed by atoms with Crippen molar-refractivity contribution in [2.45, 2.75) is 26.2 Å². The van der Waals surface area contributed by atoms with Crippen LogP contribution in [0.15, 0.2) is 4.99 Å². The summed E-state index contributed by atoms with van der Waals surface area (Å²) in [5.41, 5.74) is 0. The molecule has 2 N–H and O–H groups in total. The Morgan fingerprint density at radius 2 is 2.29 bits per heavy atom. The van der Waals surface area contributed by atoms with Crippen LogP contribution in [-0.2, 0) is 0 Å². The first-order valence-electron chi connectivity index (χ1n) is 4.84. The highest BCUT2D eigenvalue weighted by molar-refractivity contribution is 5.81. The van der Waals surface area contributed by atoms with Gasteiger partial charge in [0.15, 0.2) is 6.19 Å². The van der Waals surface area contributed by atoms with Gasteiger partial charge in [-0.25, -0.2) is 4.39 Å². The number of alkyl halides is 1. The molecule has 0 aromatic carbocycles. The van der Waals surface area contributed by atoms with E-state index >= 15 is 0 Å². The van der Waals surface area contributed by atoms with Crippen molar-refractivity contribution >= 4 is 5.96 Å². The molecule has 0 amide bonds. The minimum atomic E-state index is -0.471. The number of unbranched alkanes of at least 4 members (excludes halogenated alkanes) is 2. The van der Waals surface area contributed by atoms with Gasteiger partial charge in [0, 0.05) is 13.1 Å². The smallest absolute Gasteiger partial charge is 0.204 e. The van der Waals surface area contributed by atoms with Crippen LogP contribution in [0.4, 0.5) is 4.39 Å². The van der Waals surface area contributed by atoms with E-state index in [4.69, 9.17) is 5.26 Å². The average molecular weight is 200 g/mol. The summed E-state index contributed by atoms with van der Waals surface area (Å²) in [6, 6.07) is 0. The van der Waals surface area contributed by atoms with Gasteiger partial charge in [-0.05, 0) is 6.42 Å². The van der Waals surface area contributed by atoms with E-state index < -0.39 is 6.67 Å². The highest BCUT2D eigenvalue weighted by Gasteiger charge is 1.95. The Morgan fingerprint density at radius 3 is 2.86 bits per heavy atom. The predicted octanol–water partition coefficient (Wildman–Crippen LogP) is 1.16. The van der Waals surface area contributed by atoms with E-state index in [-0.39, 0.29) is 6.54 Å². The molecule has 14 heavy (non-hydrogen) atoms. The third-order valence-corrected chi connectivity index (χ3v) is 1.59. The minimum Gasteiger partial charge on any atom is -0.353 e. The summed E-state index contributed by atoms with van der Waals surface area (Å²) in [5, 5.41) is 13.4. The SMILES string of the molecule is CCCCCN=C(NC#N)NCCF. The topological polar surface area (TPSA) is 60.2 Å². The number of guanidine groups is 1. The molecule has 0 rings (SSSR count). The van der Waals surface area contributed by atoms with Crippen molar-refractivity contribution in [2.24, 2.45) is 4.99 Å². The van der Waals surface area contributed by atoms with E-state index in [1.165, 1.54) is 0 Å². The Hall–Kier alpha value is -1.31. The zero-order valence-corrected chi connectivity index (χ0v) is 8.52. The zero-order valence-electron chi connectivity index (χ0n) is 8.52. The molecular weight excluding hydrogens is 183 g/mol. The van der Waals surface area contributed by atoms with Crippen molar-refractivity contribution in [1.29, 1.82) is 5.26 Å². The monoisotopic (exact) mass is 200 g/mol. The van der Waals surface area contributed by atoms with E-state index in [0.717, 1.165) is 19.3 Å². The first-order chi connectivity index (χ1) is 6.85. The summed E-state index contributed by atoms with van der Waals surface area (Å²) in [6.07, 6.45) is 4.99.